The summed E-state index contributed by atoms with van der Waals surface area (Å²) in [5, 5.41) is 17.1. The quantitative estimate of drug-likeness (QED) is 0.216. The number of benzene rings is 2. The molecule has 2 aromatic carbocycles. The predicted molar refractivity (Wildman–Crippen MR) is 170 cm³/mol. The summed E-state index contributed by atoms with van der Waals surface area (Å²) in [6.07, 6.45) is 3.59. The number of carbonyl (C=O) groups excluding carboxylic acids is 1. The van der Waals surface area contributed by atoms with Crippen LogP contribution in [0.25, 0.3) is 10.9 Å². The van der Waals surface area contributed by atoms with E-state index in [1.807, 2.05) is 89.4 Å². The summed E-state index contributed by atoms with van der Waals surface area (Å²) >= 11 is 0. The standard InChI is InChI=1S/C33H39N7O3/c1-7-42-31-17-28-27(16-29(31)38-32(41)15-26(40(5)6)20-39(3)4)33(23(18-34)19-36-28)37-24-11-12-30(22(2)14-24)43-21-25-10-8-9-13-35-25/h8-14,16-17,19,26H,7,15,20-21H2,1-6H3,(H,36,37)(H,38,41). The summed E-state index contributed by atoms with van der Waals surface area (Å²) < 4.78 is 11.9. The zero-order valence-corrected chi connectivity index (χ0v) is 25.6. The topological polar surface area (TPSA) is 116 Å². The Labute approximate surface area is 253 Å². The smallest absolute Gasteiger partial charge is 0.226 e. The number of carbonyl (C=O) groups is 1. The van der Waals surface area contributed by atoms with E-state index in [0.717, 1.165) is 29.2 Å². The fourth-order valence-corrected chi connectivity index (χ4v) is 4.73. The highest BCUT2D eigenvalue weighted by atomic mass is 16.5. The van der Waals surface area contributed by atoms with Gasteiger partial charge in [-0.25, -0.2) is 0 Å². The van der Waals surface area contributed by atoms with Crippen molar-refractivity contribution < 1.29 is 14.3 Å². The lowest BCUT2D eigenvalue weighted by atomic mass is 10.1. The summed E-state index contributed by atoms with van der Waals surface area (Å²) in [7, 11) is 7.92. The van der Waals surface area contributed by atoms with Crippen LogP contribution in [0.3, 0.4) is 0 Å². The summed E-state index contributed by atoms with van der Waals surface area (Å²) in [6, 6.07) is 17.4. The van der Waals surface area contributed by atoms with E-state index in [4.69, 9.17) is 9.47 Å². The highest BCUT2D eigenvalue weighted by Gasteiger charge is 2.20. The Morgan fingerprint density at radius 2 is 1.86 bits per heavy atom. The van der Waals surface area contributed by atoms with E-state index < -0.39 is 0 Å². The second kappa shape index (κ2) is 14.4. The molecule has 0 saturated carbocycles. The fraction of sp³-hybridized carbons (Fsp3) is 0.333. The van der Waals surface area contributed by atoms with Crippen molar-refractivity contribution in [2.45, 2.75) is 32.9 Å². The minimum atomic E-state index is -0.128. The molecule has 1 unspecified atom stereocenters. The molecule has 10 nitrogen and oxygen atoms in total. The first-order valence-corrected chi connectivity index (χ1v) is 14.2. The van der Waals surface area contributed by atoms with Crippen LogP contribution in [-0.4, -0.2) is 73.1 Å². The molecule has 4 aromatic rings. The van der Waals surface area contributed by atoms with Crippen LogP contribution in [0.4, 0.5) is 17.1 Å². The lowest BCUT2D eigenvalue weighted by Gasteiger charge is -2.27. The molecule has 1 amide bonds. The van der Waals surface area contributed by atoms with Crippen LogP contribution in [0, 0.1) is 18.3 Å². The lowest BCUT2D eigenvalue weighted by Crippen LogP contribution is -2.40. The summed E-state index contributed by atoms with van der Waals surface area (Å²) in [4.78, 5) is 26.1. The summed E-state index contributed by atoms with van der Waals surface area (Å²) in [5.74, 6) is 1.13. The van der Waals surface area contributed by atoms with Gasteiger partial charge in [0.05, 0.1) is 34.8 Å². The average Bonchev–Trinajstić information content (AvgIpc) is 2.97. The van der Waals surface area contributed by atoms with Crippen LogP contribution in [0.5, 0.6) is 11.5 Å². The number of likely N-dealkylation sites (N-methyl/N-ethyl adjacent to an activating group) is 2. The molecule has 2 N–H and O–H groups in total. The van der Waals surface area contributed by atoms with Gasteiger partial charge in [0.15, 0.2) is 0 Å². The number of pyridine rings is 2. The maximum absolute atomic E-state index is 13.2. The maximum atomic E-state index is 13.2. The molecule has 0 radical (unpaired) electrons. The van der Waals surface area contributed by atoms with Crippen LogP contribution in [0.15, 0.2) is 60.9 Å². The Morgan fingerprint density at radius 3 is 2.51 bits per heavy atom. The number of hydrogen-bond acceptors (Lipinski definition) is 9. The van der Waals surface area contributed by atoms with Crippen molar-refractivity contribution in [3.63, 3.8) is 0 Å². The molecule has 0 saturated heterocycles. The van der Waals surface area contributed by atoms with Gasteiger partial charge in [0.1, 0.15) is 24.2 Å². The Bertz CT molecular complexity index is 1600. The molecule has 4 rings (SSSR count). The molecular weight excluding hydrogens is 542 g/mol. The number of rotatable bonds is 13. The number of nitrogens with zero attached hydrogens (tertiary/aromatic N) is 5. The lowest BCUT2D eigenvalue weighted by molar-refractivity contribution is -0.117. The van der Waals surface area contributed by atoms with Crippen LogP contribution in [-0.2, 0) is 11.4 Å². The highest BCUT2D eigenvalue weighted by molar-refractivity contribution is 6.02. The normalized spacial score (nSPS) is 11.8. The SMILES string of the molecule is CCOc1cc2ncc(C#N)c(Nc3ccc(OCc4ccccn4)c(C)c3)c2cc1NC(=O)CC(CN(C)C)N(C)C. The van der Waals surface area contributed by atoms with Gasteiger partial charge >= 0.3 is 0 Å². The van der Waals surface area contributed by atoms with Crippen molar-refractivity contribution in [1.82, 2.24) is 19.8 Å². The summed E-state index contributed by atoms with van der Waals surface area (Å²) in [5.41, 5.74) is 4.67. The molecule has 2 heterocycles. The van der Waals surface area contributed by atoms with Crippen molar-refractivity contribution in [2.75, 3.05) is 52.0 Å². The minimum Gasteiger partial charge on any atom is -0.492 e. The van der Waals surface area contributed by atoms with Gasteiger partial charge in [0, 0.05) is 48.5 Å². The first-order valence-electron chi connectivity index (χ1n) is 14.2. The molecule has 0 bridgehead atoms. The Hall–Kier alpha value is -4.72. The first-order chi connectivity index (χ1) is 20.7. The molecule has 0 spiro atoms. The highest BCUT2D eigenvalue weighted by Crippen LogP contribution is 2.37. The summed E-state index contributed by atoms with van der Waals surface area (Å²) in [6.45, 7) is 5.38. The number of nitrogens with one attached hydrogen (secondary N) is 2. The number of anilines is 3. The number of aryl methyl sites for hydroxylation is 1. The monoisotopic (exact) mass is 581 g/mol. The van der Waals surface area contributed by atoms with Crippen molar-refractivity contribution in [1.29, 1.82) is 5.26 Å². The average molecular weight is 582 g/mol. The van der Waals surface area contributed by atoms with Crippen LogP contribution >= 0.6 is 0 Å². The number of fused-ring (bicyclic) bond motifs is 1. The molecule has 1 atom stereocenters. The Balaban J connectivity index is 1.64. The van der Waals surface area contributed by atoms with Gasteiger partial charge in [-0.05, 0) is 84.0 Å². The predicted octanol–water partition coefficient (Wildman–Crippen LogP) is 5.35. The third-order valence-corrected chi connectivity index (χ3v) is 6.94. The zero-order chi connectivity index (χ0) is 30.9. The van der Waals surface area contributed by atoms with E-state index in [2.05, 4.69) is 31.6 Å². The largest absolute Gasteiger partial charge is 0.492 e. The molecule has 0 aliphatic rings. The molecule has 0 aliphatic heterocycles. The fourth-order valence-electron chi connectivity index (χ4n) is 4.73. The number of aromatic nitrogens is 2. The first kappa shape index (κ1) is 31.2. The van der Waals surface area contributed by atoms with Crippen LogP contribution in [0.2, 0.25) is 0 Å². The number of amides is 1. The van der Waals surface area contributed by atoms with Gasteiger partial charge in [-0.15, -0.1) is 0 Å². The zero-order valence-electron chi connectivity index (χ0n) is 25.6. The second-order valence-electron chi connectivity index (χ2n) is 10.8. The number of ether oxygens (including phenoxy) is 2. The third-order valence-electron chi connectivity index (χ3n) is 6.94. The maximum Gasteiger partial charge on any atom is 0.226 e. The molecule has 2 aromatic heterocycles. The van der Waals surface area contributed by atoms with E-state index in [1.54, 1.807) is 18.5 Å². The molecule has 43 heavy (non-hydrogen) atoms. The molecule has 0 fully saturated rings. The van der Waals surface area contributed by atoms with Crippen molar-refractivity contribution in [3.05, 3.63) is 77.7 Å². The van der Waals surface area contributed by atoms with Gasteiger partial charge in [-0.2, -0.15) is 5.26 Å². The Morgan fingerprint density at radius 1 is 1.05 bits per heavy atom. The van der Waals surface area contributed by atoms with Gasteiger partial charge in [-0.1, -0.05) is 6.07 Å². The van der Waals surface area contributed by atoms with Crippen LogP contribution < -0.4 is 20.1 Å². The number of hydrogen-bond donors (Lipinski definition) is 2. The number of nitriles is 1. The molecule has 10 heteroatoms. The van der Waals surface area contributed by atoms with E-state index in [0.29, 0.717) is 53.2 Å². The van der Waals surface area contributed by atoms with E-state index in [1.165, 1.54) is 0 Å². The molecule has 224 valence electrons. The van der Waals surface area contributed by atoms with Gasteiger partial charge in [0.25, 0.3) is 0 Å². The van der Waals surface area contributed by atoms with Crippen molar-refractivity contribution >= 4 is 33.9 Å². The van der Waals surface area contributed by atoms with Gasteiger partial charge in [0.2, 0.25) is 5.91 Å². The third kappa shape index (κ3) is 8.19. The van der Waals surface area contributed by atoms with Gasteiger partial charge < -0.3 is 29.9 Å². The van der Waals surface area contributed by atoms with Gasteiger partial charge in [-0.3, -0.25) is 14.8 Å². The minimum absolute atomic E-state index is 0.0363. The van der Waals surface area contributed by atoms with E-state index in [9.17, 15) is 10.1 Å². The van der Waals surface area contributed by atoms with E-state index >= 15 is 0 Å². The van der Waals surface area contributed by atoms with Crippen molar-refractivity contribution in [3.8, 4) is 17.6 Å². The second-order valence-corrected chi connectivity index (χ2v) is 10.8. The molecular formula is C33H39N7O3. The van der Waals surface area contributed by atoms with E-state index in [-0.39, 0.29) is 11.9 Å². The van der Waals surface area contributed by atoms with Crippen LogP contribution in [0.1, 0.15) is 30.2 Å². The van der Waals surface area contributed by atoms with Crippen molar-refractivity contribution in [2.24, 2.45) is 0 Å². The molecule has 0 aliphatic carbocycles. The Kier molecular flexibility index (Phi) is 10.5.